The molecule has 2 N–H and O–H groups in total. The predicted molar refractivity (Wildman–Crippen MR) is 111 cm³/mol. The Morgan fingerprint density at radius 1 is 0.900 bits per heavy atom. The maximum Gasteiger partial charge on any atom is 0.291 e. The molecule has 0 bridgehead atoms. The van der Waals surface area contributed by atoms with Gasteiger partial charge in [-0.1, -0.05) is 30.3 Å². The second-order valence-electron chi connectivity index (χ2n) is 6.59. The zero-order valence-electron chi connectivity index (χ0n) is 16.0. The van der Waals surface area contributed by atoms with E-state index in [1.807, 2.05) is 42.5 Å². The molecule has 0 atom stereocenters. The van der Waals surface area contributed by atoms with Crippen LogP contribution in [0.25, 0.3) is 11.5 Å². The van der Waals surface area contributed by atoms with E-state index in [0.29, 0.717) is 23.8 Å². The molecule has 2 aromatic heterocycles. The number of furan rings is 1. The fourth-order valence-corrected chi connectivity index (χ4v) is 2.84. The maximum atomic E-state index is 12.2. The van der Waals surface area contributed by atoms with Gasteiger partial charge >= 0.3 is 0 Å². The Bertz CT molecular complexity index is 1120. The standard InChI is InChI=1S/C23H19N3O4/c27-21(13-19-15-30-23(26-19)17-5-2-1-3-6-17)24-14-16-8-10-18(11-9-16)25-22(28)20-7-4-12-29-20/h1-12,15H,13-14H2,(H,24,27)(H,25,28). The quantitative estimate of drug-likeness (QED) is 0.487. The van der Waals surface area contributed by atoms with E-state index in [1.54, 1.807) is 24.3 Å². The van der Waals surface area contributed by atoms with Gasteiger partial charge < -0.3 is 19.5 Å². The van der Waals surface area contributed by atoms with Gasteiger partial charge in [-0.15, -0.1) is 0 Å². The van der Waals surface area contributed by atoms with Crippen molar-refractivity contribution in [3.63, 3.8) is 0 Å². The summed E-state index contributed by atoms with van der Waals surface area (Å²) in [5.74, 6) is 0.266. The average molecular weight is 401 g/mol. The van der Waals surface area contributed by atoms with E-state index >= 15 is 0 Å². The number of amides is 2. The summed E-state index contributed by atoms with van der Waals surface area (Å²) in [7, 11) is 0. The van der Waals surface area contributed by atoms with Gasteiger partial charge in [0, 0.05) is 17.8 Å². The first-order chi connectivity index (χ1) is 14.7. The topological polar surface area (TPSA) is 97.4 Å². The molecule has 0 saturated heterocycles. The lowest BCUT2D eigenvalue weighted by atomic mass is 10.2. The number of aromatic nitrogens is 1. The Kier molecular flexibility index (Phi) is 5.70. The Hall–Kier alpha value is -4.13. The van der Waals surface area contributed by atoms with E-state index < -0.39 is 0 Å². The molecule has 7 heteroatoms. The number of carbonyl (C=O) groups excluding carboxylic acids is 2. The van der Waals surface area contributed by atoms with E-state index in [4.69, 9.17) is 8.83 Å². The van der Waals surface area contributed by atoms with Crippen LogP contribution in [0.3, 0.4) is 0 Å². The van der Waals surface area contributed by atoms with E-state index in [1.165, 1.54) is 12.5 Å². The van der Waals surface area contributed by atoms with Gasteiger partial charge in [0.15, 0.2) is 5.76 Å². The van der Waals surface area contributed by atoms with Gasteiger partial charge in [-0.3, -0.25) is 9.59 Å². The Morgan fingerprint density at radius 3 is 2.43 bits per heavy atom. The highest BCUT2D eigenvalue weighted by Crippen LogP contribution is 2.18. The van der Waals surface area contributed by atoms with Crippen LogP contribution in [0.4, 0.5) is 5.69 Å². The highest BCUT2D eigenvalue weighted by molar-refractivity contribution is 6.02. The third-order valence-corrected chi connectivity index (χ3v) is 4.36. The molecule has 0 fully saturated rings. The Balaban J connectivity index is 1.27. The monoisotopic (exact) mass is 401 g/mol. The smallest absolute Gasteiger partial charge is 0.291 e. The molecule has 0 aliphatic heterocycles. The molecule has 0 aliphatic carbocycles. The number of hydrogen-bond acceptors (Lipinski definition) is 5. The molecular weight excluding hydrogens is 382 g/mol. The van der Waals surface area contributed by atoms with E-state index in [2.05, 4.69) is 15.6 Å². The highest BCUT2D eigenvalue weighted by Gasteiger charge is 2.11. The molecule has 4 aromatic rings. The van der Waals surface area contributed by atoms with Crippen molar-refractivity contribution >= 4 is 17.5 Å². The van der Waals surface area contributed by atoms with Gasteiger partial charge in [-0.2, -0.15) is 0 Å². The number of carbonyl (C=O) groups is 2. The van der Waals surface area contributed by atoms with Gasteiger partial charge in [0.05, 0.1) is 18.4 Å². The summed E-state index contributed by atoms with van der Waals surface area (Å²) >= 11 is 0. The normalized spacial score (nSPS) is 10.5. The summed E-state index contributed by atoms with van der Waals surface area (Å²) in [5.41, 5.74) is 2.98. The number of benzene rings is 2. The third kappa shape index (κ3) is 4.82. The first-order valence-corrected chi connectivity index (χ1v) is 9.38. The molecular formula is C23H19N3O4. The van der Waals surface area contributed by atoms with E-state index in [-0.39, 0.29) is 24.0 Å². The SMILES string of the molecule is O=C(Cc1coc(-c2ccccc2)n1)NCc1ccc(NC(=O)c2ccco2)cc1. The van der Waals surface area contributed by atoms with Crippen molar-refractivity contribution in [2.75, 3.05) is 5.32 Å². The lowest BCUT2D eigenvalue weighted by molar-refractivity contribution is -0.120. The summed E-state index contributed by atoms with van der Waals surface area (Å²) in [6.45, 7) is 0.370. The zero-order chi connectivity index (χ0) is 20.8. The van der Waals surface area contributed by atoms with Gasteiger partial charge in [-0.25, -0.2) is 4.98 Å². The Labute approximate surface area is 172 Å². The molecule has 0 radical (unpaired) electrons. The maximum absolute atomic E-state index is 12.2. The molecule has 0 saturated carbocycles. The summed E-state index contributed by atoms with van der Waals surface area (Å²) in [6.07, 6.45) is 3.08. The molecule has 2 aromatic carbocycles. The largest absolute Gasteiger partial charge is 0.459 e. The Morgan fingerprint density at radius 2 is 1.70 bits per heavy atom. The van der Waals surface area contributed by atoms with Crippen LogP contribution in [-0.4, -0.2) is 16.8 Å². The molecule has 7 nitrogen and oxygen atoms in total. The van der Waals surface area contributed by atoms with Crippen LogP contribution in [0, 0.1) is 0 Å². The van der Waals surface area contributed by atoms with Crippen LogP contribution in [0.2, 0.25) is 0 Å². The first kappa shape index (κ1) is 19.2. The predicted octanol–water partition coefficient (Wildman–Crippen LogP) is 4.05. The minimum Gasteiger partial charge on any atom is -0.459 e. The van der Waals surface area contributed by atoms with Crippen molar-refractivity contribution in [2.24, 2.45) is 0 Å². The number of oxazole rings is 1. The van der Waals surface area contributed by atoms with E-state index in [0.717, 1.165) is 11.1 Å². The van der Waals surface area contributed by atoms with Crippen LogP contribution < -0.4 is 10.6 Å². The molecule has 2 heterocycles. The number of nitrogens with one attached hydrogen (secondary N) is 2. The summed E-state index contributed by atoms with van der Waals surface area (Å²) in [5, 5.41) is 5.60. The molecule has 0 spiro atoms. The van der Waals surface area contributed by atoms with Crippen molar-refractivity contribution in [3.05, 3.63) is 96.3 Å². The third-order valence-electron chi connectivity index (χ3n) is 4.36. The number of hydrogen-bond donors (Lipinski definition) is 2. The van der Waals surface area contributed by atoms with Crippen LogP contribution >= 0.6 is 0 Å². The molecule has 0 unspecified atom stereocenters. The van der Waals surface area contributed by atoms with Gasteiger partial charge in [0.1, 0.15) is 6.26 Å². The van der Waals surface area contributed by atoms with E-state index in [9.17, 15) is 9.59 Å². The summed E-state index contributed by atoms with van der Waals surface area (Å²) in [6, 6.07) is 20.0. The fourth-order valence-electron chi connectivity index (χ4n) is 2.84. The van der Waals surface area contributed by atoms with Crippen molar-refractivity contribution < 1.29 is 18.4 Å². The van der Waals surface area contributed by atoms with Crippen LogP contribution in [0.1, 0.15) is 21.8 Å². The molecule has 30 heavy (non-hydrogen) atoms. The van der Waals surface area contributed by atoms with Gasteiger partial charge in [0.2, 0.25) is 11.8 Å². The molecule has 0 aliphatic rings. The second-order valence-corrected chi connectivity index (χ2v) is 6.59. The first-order valence-electron chi connectivity index (χ1n) is 9.38. The van der Waals surface area contributed by atoms with Gasteiger partial charge in [-0.05, 0) is 42.0 Å². The summed E-state index contributed by atoms with van der Waals surface area (Å²) < 4.78 is 10.5. The highest BCUT2D eigenvalue weighted by atomic mass is 16.3. The zero-order valence-corrected chi connectivity index (χ0v) is 16.0. The van der Waals surface area contributed by atoms with Crippen LogP contribution in [0.5, 0.6) is 0 Å². The van der Waals surface area contributed by atoms with Crippen molar-refractivity contribution in [1.29, 1.82) is 0 Å². The average Bonchev–Trinajstić information content (AvgIpc) is 3.46. The molecule has 2 amide bonds. The minimum absolute atomic E-state index is 0.133. The van der Waals surface area contributed by atoms with Crippen LogP contribution in [0.15, 0.2) is 88.1 Å². The minimum atomic E-state index is -0.316. The second kappa shape index (κ2) is 8.91. The summed E-state index contributed by atoms with van der Waals surface area (Å²) in [4.78, 5) is 28.5. The molecule has 4 rings (SSSR count). The number of rotatable bonds is 7. The van der Waals surface area contributed by atoms with Crippen LogP contribution in [-0.2, 0) is 17.8 Å². The molecule has 150 valence electrons. The van der Waals surface area contributed by atoms with Gasteiger partial charge in [0.25, 0.3) is 5.91 Å². The fraction of sp³-hybridized carbons (Fsp3) is 0.0870. The van der Waals surface area contributed by atoms with Crippen molar-refractivity contribution in [1.82, 2.24) is 10.3 Å². The lowest BCUT2D eigenvalue weighted by Gasteiger charge is -2.07. The lowest BCUT2D eigenvalue weighted by Crippen LogP contribution is -2.24. The number of anilines is 1. The number of nitrogens with zero attached hydrogens (tertiary/aromatic N) is 1. The van der Waals surface area contributed by atoms with Crippen molar-refractivity contribution in [3.8, 4) is 11.5 Å². The van der Waals surface area contributed by atoms with Crippen molar-refractivity contribution in [2.45, 2.75) is 13.0 Å².